The highest BCUT2D eigenvalue weighted by molar-refractivity contribution is 5.93. The maximum absolute atomic E-state index is 12.6. The molecule has 1 saturated heterocycles. The molecule has 2 atom stereocenters. The highest BCUT2D eigenvalue weighted by Gasteiger charge is 2.50. The number of fused-ring (bicyclic) bond motifs is 1. The Morgan fingerprint density at radius 2 is 1.96 bits per heavy atom. The molecule has 6 nitrogen and oxygen atoms in total. The molecule has 0 N–H and O–H groups in total. The minimum atomic E-state index is -0.382. The van der Waals surface area contributed by atoms with Crippen molar-refractivity contribution in [1.29, 1.82) is 0 Å². The Morgan fingerprint density at radius 3 is 2.62 bits per heavy atom. The zero-order valence-corrected chi connectivity index (χ0v) is 14.8. The second kappa shape index (κ2) is 6.46. The van der Waals surface area contributed by atoms with Gasteiger partial charge in [0.25, 0.3) is 0 Å². The largest absolute Gasteiger partial charge is 0.463 e. The van der Waals surface area contributed by atoms with E-state index in [0.717, 1.165) is 11.3 Å². The van der Waals surface area contributed by atoms with E-state index < -0.39 is 0 Å². The van der Waals surface area contributed by atoms with E-state index in [2.05, 4.69) is 0 Å². The predicted molar refractivity (Wildman–Crippen MR) is 95.4 cm³/mol. The number of hydrazine groups is 1. The van der Waals surface area contributed by atoms with Gasteiger partial charge in [0, 0.05) is 25.1 Å². The fraction of sp³-hybridized carbons (Fsp3) is 0.300. The Kier molecular flexibility index (Phi) is 4.12. The van der Waals surface area contributed by atoms with Crippen molar-refractivity contribution in [3.63, 3.8) is 0 Å². The molecule has 1 amide bonds. The zero-order chi connectivity index (χ0) is 18.3. The first kappa shape index (κ1) is 16.6. The molecule has 2 aromatic rings. The van der Waals surface area contributed by atoms with Gasteiger partial charge in [-0.25, -0.2) is 9.80 Å². The molecule has 2 aliphatic heterocycles. The monoisotopic (exact) mass is 351 g/mol. The van der Waals surface area contributed by atoms with Crippen molar-refractivity contribution in [2.45, 2.75) is 25.4 Å². The number of carbonyl (C=O) groups excluding carboxylic acids is 2. The average Bonchev–Trinajstić information content (AvgIpc) is 3.31. The summed E-state index contributed by atoms with van der Waals surface area (Å²) < 4.78 is 7.23. The van der Waals surface area contributed by atoms with Crippen molar-refractivity contribution in [1.82, 2.24) is 14.6 Å². The van der Waals surface area contributed by atoms with Gasteiger partial charge >= 0.3 is 5.97 Å². The Balaban J connectivity index is 1.80. The van der Waals surface area contributed by atoms with Crippen molar-refractivity contribution in [3.8, 4) is 0 Å². The number of aromatic nitrogens is 1. The summed E-state index contributed by atoms with van der Waals surface area (Å²) in [6.07, 6.45) is 3.97. The maximum Gasteiger partial charge on any atom is 0.337 e. The standard InChI is InChI=1S/C20H21N3O3/c1-3-26-20(25)15-13-22-18(24)12-17(14-8-5-4-6-9-14)23(22)19(15)16-10-7-11-21(16)2/h4-11,13,17,19H,3,12H2,1-2H3/t17-,19+/m1/s1. The van der Waals surface area contributed by atoms with Crippen LogP contribution < -0.4 is 0 Å². The minimum Gasteiger partial charge on any atom is -0.463 e. The van der Waals surface area contributed by atoms with Crippen LogP contribution >= 0.6 is 0 Å². The molecule has 0 radical (unpaired) electrons. The molecule has 0 unspecified atom stereocenters. The van der Waals surface area contributed by atoms with Crippen LogP contribution in [-0.4, -0.2) is 33.1 Å². The van der Waals surface area contributed by atoms with Crippen molar-refractivity contribution in [2.24, 2.45) is 7.05 Å². The molecule has 4 rings (SSSR count). The van der Waals surface area contributed by atoms with E-state index in [-0.39, 0.29) is 24.0 Å². The van der Waals surface area contributed by atoms with Crippen LogP contribution in [0.1, 0.15) is 36.7 Å². The third-order valence-electron chi connectivity index (χ3n) is 4.97. The molecule has 1 aromatic carbocycles. The van der Waals surface area contributed by atoms with Crippen LogP contribution in [0.2, 0.25) is 0 Å². The molecular weight excluding hydrogens is 330 g/mol. The van der Waals surface area contributed by atoms with Crippen LogP contribution in [-0.2, 0) is 21.4 Å². The van der Waals surface area contributed by atoms with Gasteiger partial charge in [0.15, 0.2) is 0 Å². The smallest absolute Gasteiger partial charge is 0.337 e. The van der Waals surface area contributed by atoms with E-state index in [1.807, 2.05) is 65.3 Å². The number of benzene rings is 1. The highest BCUT2D eigenvalue weighted by Crippen LogP contribution is 2.47. The molecule has 3 heterocycles. The molecule has 1 aromatic heterocycles. The first-order valence-electron chi connectivity index (χ1n) is 8.77. The Bertz CT molecular complexity index is 871. The Hall–Kier alpha value is -2.86. The Labute approximate surface area is 152 Å². The molecular formula is C20H21N3O3. The third kappa shape index (κ3) is 2.54. The van der Waals surface area contributed by atoms with E-state index in [4.69, 9.17) is 4.74 Å². The Morgan fingerprint density at radius 1 is 1.19 bits per heavy atom. The first-order chi connectivity index (χ1) is 12.6. The van der Waals surface area contributed by atoms with Crippen molar-refractivity contribution < 1.29 is 14.3 Å². The van der Waals surface area contributed by atoms with Crippen LogP contribution in [0.4, 0.5) is 0 Å². The van der Waals surface area contributed by atoms with E-state index >= 15 is 0 Å². The second-order valence-corrected chi connectivity index (χ2v) is 6.50. The van der Waals surface area contributed by atoms with E-state index in [1.54, 1.807) is 18.1 Å². The summed E-state index contributed by atoms with van der Waals surface area (Å²) in [5.74, 6) is -0.398. The van der Waals surface area contributed by atoms with Gasteiger partial charge < -0.3 is 9.30 Å². The van der Waals surface area contributed by atoms with Crippen molar-refractivity contribution in [2.75, 3.05) is 6.61 Å². The van der Waals surface area contributed by atoms with Gasteiger partial charge in [0.1, 0.15) is 6.04 Å². The van der Waals surface area contributed by atoms with Gasteiger partial charge in [-0.2, -0.15) is 5.01 Å². The maximum atomic E-state index is 12.6. The fourth-order valence-electron chi connectivity index (χ4n) is 3.80. The SMILES string of the molecule is CCOC(=O)C1=CN2C(=O)C[C@H](c3ccccc3)N2[C@@H]1c1cccn1C. The lowest BCUT2D eigenvalue weighted by Gasteiger charge is -2.32. The average molecular weight is 351 g/mol. The number of hydrogen-bond donors (Lipinski definition) is 0. The first-order valence-corrected chi connectivity index (χ1v) is 8.77. The predicted octanol–water partition coefficient (Wildman–Crippen LogP) is 2.72. The van der Waals surface area contributed by atoms with E-state index in [0.29, 0.717) is 18.6 Å². The molecule has 1 fully saturated rings. The highest BCUT2D eigenvalue weighted by atomic mass is 16.5. The quantitative estimate of drug-likeness (QED) is 0.795. The van der Waals surface area contributed by atoms with Gasteiger partial charge in [0.2, 0.25) is 5.91 Å². The summed E-state index contributed by atoms with van der Waals surface area (Å²) in [4.78, 5) is 25.2. The molecule has 6 heteroatoms. The molecule has 0 aliphatic carbocycles. The number of aryl methyl sites for hydroxylation is 1. The second-order valence-electron chi connectivity index (χ2n) is 6.50. The molecule has 0 saturated carbocycles. The number of hydrogen-bond acceptors (Lipinski definition) is 4. The van der Waals surface area contributed by atoms with Crippen molar-refractivity contribution in [3.05, 3.63) is 71.7 Å². The number of carbonyl (C=O) groups is 2. The summed E-state index contributed by atoms with van der Waals surface area (Å²) in [5, 5.41) is 3.58. The number of amides is 1. The van der Waals surface area contributed by atoms with Gasteiger partial charge in [0.05, 0.1) is 24.6 Å². The molecule has 0 spiro atoms. The number of rotatable bonds is 4. The molecule has 0 bridgehead atoms. The summed E-state index contributed by atoms with van der Waals surface area (Å²) >= 11 is 0. The molecule has 2 aliphatic rings. The number of nitrogens with zero attached hydrogens (tertiary/aromatic N) is 3. The van der Waals surface area contributed by atoms with Gasteiger partial charge in [-0.15, -0.1) is 0 Å². The van der Waals surface area contributed by atoms with E-state index in [9.17, 15) is 9.59 Å². The summed E-state index contributed by atoms with van der Waals surface area (Å²) in [6.45, 7) is 2.08. The van der Waals surface area contributed by atoms with Gasteiger partial charge in [-0.05, 0) is 24.6 Å². The minimum absolute atomic E-state index is 0.0163. The normalized spacial score (nSPS) is 22.5. The van der Waals surface area contributed by atoms with Gasteiger partial charge in [-0.3, -0.25) is 4.79 Å². The lowest BCUT2D eigenvalue weighted by Crippen LogP contribution is -2.35. The van der Waals surface area contributed by atoms with Crippen LogP contribution in [0.15, 0.2) is 60.4 Å². The van der Waals surface area contributed by atoms with E-state index in [1.165, 1.54) is 0 Å². The summed E-state index contributed by atoms with van der Waals surface area (Å²) in [5.41, 5.74) is 2.49. The van der Waals surface area contributed by atoms with Crippen LogP contribution in [0.25, 0.3) is 0 Å². The summed E-state index contributed by atoms with van der Waals surface area (Å²) in [6, 6.07) is 13.4. The zero-order valence-electron chi connectivity index (χ0n) is 14.8. The third-order valence-corrected chi connectivity index (χ3v) is 4.97. The van der Waals surface area contributed by atoms with Gasteiger partial charge in [-0.1, -0.05) is 30.3 Å². The lowest BCUT2D eigenvalue weighted by atomic mass is 9.99. The van der Waals surface area contributed by atoms with Crippen LogP contribution in [0.5, 0.6) is 0 Å². The molecule has 134 valence electrons. The van der Waals surface area contributed by atoms with Crippen molar-refractivity contribution >= 4 is 11.9 Å². The lowest BCUT2D eigenvalue weighted by molar-refractivity contribution is -0.140. The van der Waals surface area contributed by atoms with Crippen LogP contribution in [0.3, 0.4) is 0 Å². The topological polar surface area (TPSA) is 54.8 Å². The molecule has 26 heavy (non-hydrogen) atoms. The fourth-order valence-corrected chi connectivity index (χ4v) is 3.80. The summed E-state index contributed by atoms with van der Waals surface area (Å²) in [7, 11) is 1.94. The number of esters is 1. The van der Waals surface area contributed by atoms with Crippen LogP contribution in [0, 0.1) is 0 Å². The number of ether oxygens (including phenoxy) is 1.